The van der Waals surface area contributed by atoms with E-state index in [0.29, 0.717) is 18.7 Å². The highest BCUT2D eigenvalue weighted by molar-refractivity contribution is 7.89. The van der Waals surface area contributed by atoms with Gasteiger partial charge in [0.1, 0.15) is 5.76 Å². The molecule has 1 unspecified atom stereocenters. The summed E-state index contributed by atoms with van der Waals surface area (Å²) in [7, 11) is -3.61. The molecule has 6 nitrogen and oxygen atoms in total. The number of sulfonamides is 1. The van der Waals surface area contributed by atoms with E-state index in [0.717, 1.165) is 18.6 Å². The molecule has 1 fully saturated rings. The van der Waals surface area contributed by atoms with Gasteiger partial charge in [-0.3, -0.25) is 4.79 Å². The zero-order chi connectivity index (χ0) is 19.6. The van der Waals surface area contributed by atoms with Gasteiger partial charge >= 0.3 is 0 Å². The molecule has 1 saturated carbocycles. The lowest BCUT2D eigenvalue weighted by Gasteiger charge is -2.28. The molecule has 0 aliphatic heterocycles. The molecule has 0 radical (unpaired) electrons. The maximum Gasteiger partial charge on any atom is 0.254 e. The summed E-state index contributed by atoms with van der Waals surface area (Å²) in [6, 6.07) is 9.96. The Bertz CT molecular complexity index is 884. The van der Waals surface area contributed by atoms with E-state index in [1.165, 1.54) is 10.4 Å². The Morgan fingerprint density at radius 2 is 1.89 bits per heavy atom. The van der Waals surface area contributed by atoms with Crippen molar-refractivity contribution in [2.45, 2.75) is 50.6 Å². The first-order valence-electron chi connectivity index (χ1n) is 9.36. The largest absolute Gasteiger partial charge is 0.467 e. The van der Waals surface area contributed by atoms with Crippen molar-refractivity contribution < 1.29 is 17.6 Å². The molecule has 0 saturated heterocycles. The van der Waals surface area contributed by atoms with Crippen molar-refractivity contribution in [2.24, 2.45) is 0 Å². The van der Waals surface area contributed by atoms with Gasteiger partial charge in [-0.1, -0.05) is 19.9 Å². The standard InChI is InChI=1S/C20H26N2O4S/c1-4-21(5-2)27(24,25)18-9-6-8-16(14-18)20(23)22(17-11-12-17)15(3)19-10-7-13-26-19/h6-10,13-15,17H,4-5,11-12H2,1-3H3. The minimum absolute atomic E-state index is 0.151. The molecule has 0 bridgehead atoms. The Hall–Kier alpha value is -2.12. The van der Waals surface area contributed by atoms with Crippen LogP contribution in [0.2, 0.25) is 0 Å². The second-order valence-corrected chi connectivity index (χ2v) is 8.69. The van der Waals surface area contributed by atoms with Crippen LogP contribution < -0.4 is 0 Å². The molecule has 2 aromatic rings. The second kappa shape index (κ2) is 7.86. The zero-order valence-corrected chi connectivity index (χ0v) is 16.8. The van der Waals surface area contributed by atoms with Crippen LogP contribution in [0.15, 0.2) is 52.0 Å². The minimum Gasteiger partial charge on any atom is -0.467 e. The molecule has 7 heteroatoms. The predicted molar refractivity (Wildman–Crippen MR) is 103 cm³/mol. The van der Waals surface area contributed by atoms with Crippen LogP contribution >= 0.6 is 0 Å². The monoisotopic (exact) mass is 390 g/mol. The summed E-state index contributed by atoms with van der Waals surface area (Å²) in [5, 5.41) is 0. The van der Waals surface area contributed by atoms with Gasteiger partial charge in [-0.2, -0.15) is 4.31 Å². The van der Waals surface area contributed by atoms with E-state index in [2.05, 4.69) is 0 Å². The molecule has 1 aromatic carbocycles. The Labute approximate surface area is 160 Å². The van der Waals surface area contributed by atoms with Gasteiger partial charge in [0.25, 0.3) is 5.91 Å². The highest BCUT2D eigenvalue weighted by atomic mass is 32.2. The lowest BCUT2D eigenvalue weighted by Crippen LogP contribution is -2.35. The summed E-state index contributed by atoms with van der Waals surface area (Å²) in [5.41, 5.74) is 0.383. The molecule has 1 amide bonds. The number of carbonyl (C=O) groups excluding carboxylic acids is 1. The van der Waals surface area contributed by atoms with Crippen LogP contribution in [0.4, 0.5) is 0 Å². The fraction of sp³-hybridized carbons (Fsp3) is 0.450. The highest BCUT2D eigenvalue weighted by Crippen LogP contribution is 2.36. The third-order valence-corrected chi connectivity index (χ3v) is 7.02. The van der Waals surface area contributed by atoms with Crippen molar-refractivity contribution in [1.82, 2.24) is 9.21 Å². The van der Waals surface area contributed by atoms with Crippen molar-refractivity contribution in [3.8, 4) is 0 Å². The van der Waals surface area contributed by atoms with Crippen LogP contribution in [0.5, 0.6) is 0 Å². The smallest absolute Gasteiger partial charge is 0.254 e. The average molecular weight is 391 g/mol. The van der Waals surface area contributed by atoms with Gasteiger partial charge in [0, 0.05) is 24.7 Å². The summed E-state index contributed by atoms with van der Waals surface area (Å²) in [6.07, 6.45) is 3.50. The van der Waals surface area contributed by atoms with E-state index < -0.39 is 10.0 Å². The SMILES string of the molecule is CCN(CC)S(=O)(=O)c1cccc(C(=O)N(C2CC2)C(C)c2ccco2)c1. The first-order chi connectivity index (χ1) is 12.9. The van der Waals surface area contributed by atoms with E-state index in [4.69, 9.17) is 4.42 Å². The molecule has 1 heterocycles. The summed E-state index contributed by atoms with van der Waals surface area (Å²) >= 11 is 0. The molecule has 27 heavy (non-hydrogen) atoms. The number of hydrogen-bond acceptors (Lipinski definition) is 4. The van der Waals surface area contributed by atoms with E-state index >= 15 is 0 Å². The lowest BCUT2D eigenvalue weighted by molar-refractivity contribution is 0.0652. The van der Waals surface area contributed by atoms with Crippen LogP contribution in [-0.4, -0.2) is 42.7 Å². The molecule has 1 atom stereocenters. The minimum atomic E-state index is -3.61. The molecule has 1 aromatic heterocycles. The topological polar surface area (TPSA) is 70.8 Å². The van der Waals surface area contributed by atoms with Gasteiger partial charge in [0.15, 0.2) is 0 Å². The molecular weight excluding hydrogens is 364 g/mol. The molecule has 0 N–H and O–H groups in total. The fourth-order valence-corrected chi connectivity index (χ4v) is 4.83. The van der Waals surface area contributed by atoms with Crippen molar-refractivity contribution in [3.63, 3.8) is 0 Å². The summed E-state index contributed by atoms with van der Waals surface area (Å²) in [4.78, 5) is 15.2. The number of amides is 1. The van der Waals surface area contributed by atoms with Gasteiger partial charge in [-0.05, 0) is 50.1 Å². The van der Waals surface area contributed by atoms with Crippen molar-refractivity contribution in [1.29, 1.82) is 0 Å². The van der Waals surface area contributed by atoms with Gasteiger partial charge in [-0.15, -0.1) is 0 Å². The lowest BCUT2D eigenvalue weighted by atomic mass is 10.1. The van der Waals surface area contributed by atoms with Crippen LogP contribution in [0.1, 0.15) is 55.8 Å². The average Bonchev–Trinajstić information content (AvgIpc) is 3.33. The predicted octanol–water partition coefficient (Wildman–Crippen LogP) is 3.68. The van der Waals surface area contributed by atoms with E-state index in [1.807, 2.05) is 17.9 Å². The summed E-state index contributed by atoms with van der Waals surface area (Å²) in [6.45, 7) is 6.32. The zero-order valence-electron chi connectivity index (χ0n) is 16.0. The molecule has 3 rings (SSSR count). The summed E-state index contributed by atoms with van der Waals surface area (Å²) in [5.74, 6) is 0.556. The normalized spacial score (nSPS) is 15.7. The molecule has 146 valence electrons. The van der Waals surface area contributed by atoms with Crippen LogP contribution in [0.25, 0.3) is 0 Å². The maximum absolute atomic E-state index is 13.2. The third-order valence-electron chi connectivity index (χ3n) is 4.97. The van der Waals surface area contributed by atoms with Crippen LogP contribution in [-0.2, 0) is 10.0 Å². The highest BCUT2D eigenvalue weighted by Gasteiger charge is 2.38. The Balaban J connectivity index is 1.92. The fourth-order valence-electron chi connectivity index (χ4n) is 3.33. The van der Waals surface area contributed by atoms with Gasteiger partial charge in [-0.25, -0.2) is 8.42 Å². The maximum atomic E-state index is 13.2. The third kappa shape index (κ3) is 3.94. The quantitative estimate of drug-likeness (QED) is 0.689. The van der Waals surface area contributed by atoms with Crippen molar-refractivity contribution >= 4 is 15.9 Å². The van der Waals surface area contributed by atoms with Crippen molar-refractivity contribution in [2.75, 3.05) is 13.1 Å². The molecule has 1 aliphatic rings. The molecule has 0 spiro atoms. The number of carbonyl (C=O) groups is 1. The molecule has 1 aliphatic carbocycles. The number of nitrogens with zero attached hydrogens (tertiary/aromatic N) is 2. The summed E-state index contributed by atoms with van der Waals surface area (Å²) < 4.78 is 32.5. The van der Waals surface area contributed by atoms with Gasteiger partial charge in [0.05, 0.1) is 17.2 Å². The van der Waals surface area contributed by atoms with Gasteiger partial charge in [0.2, 0.25) is 10.0 Å². The molecular formula is C20H26N2O4S. The Morgan fingerprint density at radius 3 is 2.44 bits per heavy atom. The Morgan fingerprint density at radius 1 is 1.19 bits per heavy atom. The van der Waals surface area contributed by atoms with E-state index in [1.54, 1.807) is 44.4 Å². The number of hydrogen-bond donors (Lipinski definition) is 0. The van der Waals surface area contributed by atoms with E-state index in [-0.39, 0.29) is 22.9 Å². The van der Waals surface area contributed by atoms with Crippen LogP contribution in [0.3, 0.4) is 0 Å². The number of benzene rings is 1. The van der Waals surface area contributed by atoms with Crippen molar-refractivity contribution in [3.05, 3.63) is 54.0 Å². The number of rotatable bonds is 8. The van der Waals surface area contributed by atoms with Crippen LogP contribution in [0, 0.1) is 0 Å². The first-order valence-corrected chi connectivity index (χ1v) is 10.8. The number of furan rings is 1. The van der Waals surface area contributed by atoms with Gasteiger partial charge < -0.3 is 9.32 Å². The Kier molecular flexibility index (Phi) is 5.72. The first kappa shape index (κ1) is 19.6. The second-order valence-electron chi connectivity index (χ2n) is 6.75. The van der Waals surface area contributed by atoms with E-state index in [9.17, 15) is 13.2 Å².